The maximum atomic E-state index is 12.2. The average molecular weight is 326 g/mol. The van der Waals surface area contributed by atoms with Crippen molar-refractivity contribution in [3.05, 3.63) is 68.8 Å². The number of rotatable bonds is 4. The number of hydrogen-bond donors (Lipinski definition) is 1. The molecule has 3 rings (SSSR count). The molecule has 2 heterocycles. The number of oxazole rings is 1. The van der Waals surface area contributed by atoms with Crippen molar-refractivity contribution in [3.63, 3.8) is 0 Å². The summed E-state index contributed by atoms with van der Waals surface area (Å²) in [4.78, 5) is 28.1. The Labute approximate surface area is 138 Å². The molecule has 0 saturated carbocycles. The van der Waals surface area contributed by atoms with E-state index in [1.54, 1.807) is 19.4 Å². The molecule has 124 valence electrons. The third-order valence-electron chi connectivity index (χ3n) is 3.98. The third-order valence-corrected chi connectivity index (χ3v) is 3.98. The largest absolute Gasteiger partial charge is 0.445 e. The number of aromatic nitrogens is 3. The number of aryl methyl sites for hydroxylation is 1. The second-order valence-corrected chi connectivity index (χ2v) is 5.58. The Morgan fingerprint density at radius 3 is 2.75 bits per heavy atom. The highest BCUT2D eigenvalue weighted by Crippen LogP contribution is 2.27. The maximum Gasteiger partial charge on any atom is 0.330 e. The van der Waals surface area contributed by atoms with Crippen molar-refractivity contribution >= 4 is 5.69 Å². The lowest BCUT2D eigenvalue weighted by molar-refractivity contribution is 0.574. The molecular weight excluding hydrogens is 308 g/mol. The molecule has 0 spiro atoms. The topological polar surface area (TPSA) is 82.1 Å². The lowest BCUT2D eigenvalue weighted by Gasteiger charge is -2.12. The van der Waals surface area contributed by atoms with E-state index < -0.39 is 0 Å². The van der Waals surface area contributed by atoms with Gasteiger partial charge in [0.05, 0.1) is 11.8 Å². The quantitative estimate of drug-likeness (QED) is 0.788. The number of anilines is 1. The van der Waals surface area contributed by atoms with Gasteiger partial charge in [0.2, 0.25) is 5.89 Å². The molecule has 7 nitrogen and oxygen atoms in total. The molecule has 0 aliphatic heterocycles. The van der Waals surface area contributed by atoms with Crippen LogP contribution in [0.4, 0.5) is 5.69 Å². The summed E-state index contributed by atoms with van der Waals surface area (Å²) in [5.74, 6) is 0.550. The van der Waals surface area contributed by atoms with Crippen LogP contribution in [0.2, 0.25) is 0 Å². The van der Waals surface area contributed by atoms with Gasteiger partial charge in [-0.15, -0.1) is 0 Å². The Morgan fingerprint density at radius 2 is 2.04 bits per heavy atom. The van der Waals surface area contributed by atoms with Crippen LogP contribution >= 0.6 is 0 Å². The predicted molar refractivity (Wildman–Crippen MR) is 90.9 cm³/mol. The lowest BCUT2D eigenvalue weighted by atomic mass is 10.1. The fourth-order valence-electron chi connectivity index (χ4n) is 2.61. The van der Waals surface area contributed by atoms with Gasteiger partial charge in [0, 0.05) is 38.1 Å². The first-order valence-corrected chi connectivity index (χ1v) is 7.48. The molecule has 0 atom stereocenters. The maximum absolute atomic E-state index is 12.2. The van der Waals surface area contributed by atoms with E-state index in [1.165, 1.54) is 17.9 Å². The normalized spacial score (nSPS) is 10.8. The van der Waals surface area contributed by atoms with E-state index in [9.17, 15) is 9.59 Å². The molecule has 0 aliphatic rings. The summed E-state index contributed by atoms with van der Waals surface area (Å²) < 4.78 is 7.85. The molecule has 3 aromatic rings. The Hall–Kier alpha value is -3.09. The molecule has 1 N–H and O–H groups in total. The summed E-state index contributed by atoms with van der Waals surface area (Å²) in [6.45, 7) is 2.28. The van der Waals surface area contributed by atoms with E-state index in [2.05, 4.69) is 10.3 Å². The van der Waals surface area contributed by atoms with Crippen LogP contribution in [0.15, 0.2) is 50.9 Å². The van der Waals surface area contributed by atoms with E-state index in [4.69, 9.17) is 4.42 Å². The summed E-state index contributed by atoms with van der Waals surface area (Å²) in [6, 6.07) is 5.75. The van der Waals surface area contributed by atoms with Gasteiger partial charge in [0.25, 0.3) is 5.56 Å². The van der Waals surface area contributed by atoms with Crippen molar-refractivity contribution in [2.24, 2.45) is 14.1 Å². The van der Waals surface area contributed by atoms with E-state index in [-0.39, 0.29) is 11.2 Å². The van der Waals surface area contributed by atoms with Crippen LogP contribution in [0, 0.1) is 6.92 Å². The highest BCUT2D eigenvalue weighted by atomic mass is 16.3. The van der Waals surface area contributed by atoms with Crippen LogP contribution in [-0.2, 0) is 20.6 Å². The van der Waals surface area contributed by atoms with E-state index in [0.717, 1.165) is 21.4 Å². The number of hydrogen-bond acceptors (Lipinski definition) is 5. The van der Waals surface area contributed by atoms with Crippen LogP contribution in [-0.4, -0.2) is 14.1 Å². The van der Waals surface area contributed by atoms with Crippen LogP contribution in [0.25, 0.3) is 11.5 Å². The second-order valence-electron chi connectivity index (χ2n) is 5.58. The summed E-state index contributed by atoms with van der Waals surface area (Å²) in [5, 5.41) is 3.25. The zero-order valence-electron chi connectivity index (χ0n) is 13.7. The molecule has 2 aromatic heterocycles. The van der Waals surface area contributed by atoms with Crippen molar-refractivity contribution in [1.29, 1.82) is 0 Å². The lowest BCUT2D eigenvalue weighted by Crippen LogP contribution is -2.38. The van der Waals surface area contributed by atoms with Crippen LogP contribution in [0.5, 0.6) is 0 Å². The average Bonchev–Trinajstić information content (AvgIpc) is 3.10. The number of benzene rings is 1. The summed E-state index contributed by atoms with van der Waals surface area (Å²) in [6.07, 6.45) is 4.69. The van der Waals surface area contributed by atoms with E-state index in [1.807, 2.05) is 25.1 Å². The highest BCUT2D eigenvalue weighted by Gasteiger charge is 2.11. The van der Waals surface area contributed by atoms with Gasteiger partial charge in [-0.1, -0.05) is 6.07 Å². The molecule has 1 aromatic carbocycles. The molecule has 0 amide bonds. The van der Waals surface area contributed by atoms with Crippen molar-refractivity contribution in [2.75, 3.05) is 5.32 Å². The summed E-state index contributed by atoms with van der Waals surface area (Å²) >= 11 is 0. The van der Waals surface area contributed by atoms with Crippen molar-refractivity contribution in [3.8, 4) is 11.5 Å². The molecule has 0 fully saturated rings. The third kappa shape index (κ3) is 2.76. The van der Waals surface area contributed by atoms with Gasteiger partial charge in [0.15, 0.2) is 0 Å². The standard InChI is InChI=1S/C17H18N4O3/c1-11-13(15-18-7-8-24-15)5-4-6-14(11)19-9-12-10-20(2)17(23)21(3)16(12)22/h4-8,10,19H,9H2,1-3H3. The summed E-state index contributed by atoms with van der Waals surface area (Å²) in [5.41, 5.74) is 2.61. The van der Waals surface area contributed by atoms with Crippen molar-refractivity contribution in [1.82, 2.24) is 14.1 Å². The zero-order chi connectivity index (χ0) is 17.3. The van der Waals surface area contributed by atoms with E-state index >= 15 is 0 Å². The predicted octanol–water partition coefficient (Wildman–Crippen LogP) is 1.66. The molecule has 0 aliphatic carbocycles. The van der Waals surface area contributed by atoms with Gasteiger partial charge in [0.1, 0.15) is 6.26 Å². The smallest absolute Gasteiger partial charge is 0.330 e. The Balaban J connectivity index is 1.90. The van der Waals surface area contributed by atoms with Gasteiger partial charge in [-0.3, -0.25) is 9.36 Å². The first-order chi connectivity index (χ1) is 11.5. The minimum atomic E-state index is -0.342. The van der Waals surface area contributed by atoms with Gasteiger partial charge in [-0.05, 0) is 24.6 Å². The highest BCUT2D eigenvalue weighted by molar-refractivity contribution is 5.68. The monoisotopic (exact) mass is 326 g/mol. The molecular formula is C17H18N4O3. The van der Waals surface area contributed by atoms with E-state index in [0.29, 0.717) is 18.0 Å². The van der Waals surface area contributed by atoms with Gasteiger partial charge in [-0.25, -0.2) is 9.78 Å². The van der Waals surface area contributed by atoms with Gasteiger partial charge < -0.3 is 14.3 Å². The second kappa shape index (κ2) is 6.19. The number of nitrogens with zero attached hydrogens (tertiary/aromatic N) is 3. The minimum Gasteiger partial charge on any atom is -0.445 e. The summed E-state index contributed by atoms with van der Waals surface area (Å²) in [7, 11) is 3.10. The fourth-order valence-corrected chi connectivity index (χ4v) is 2.61. The van der Waals surface area contributed by atoms with Gasteiger partial charge >= 0.3 is 5.69 Å². The van der Waals surface area contributed by atoms with Crippen LogP contribution < -0.4 is 16.6 Å². The SMILES string of the molecule is Cc1c(NCc2cn(C)c(=O)n(C)c2=O)cccc1-c1ncco1. The van der Waals surface area contributed by atoms with Crippen molar-refractivity contribution < 1.29 is 4.42 Å². The Kier molecular flexibility index (Phi) is 4.07. The Bertz CT molecular complexity index is 984. The zero-order valence-corrected chi connectivity index (χ0v) is 13.7. The first kappa shape index (κ1) is 15.8. The minimum absolute atomic E-state index is 0.299. The number of nitrogens with one attached hydrogen (secondary N) is 1. The molecule has 0 radical (unpaired) electrons. The molecule has 24 heavy (non-hydrogen) atoms. The fraction of sp³-hybridized carbons (Fsp3) is 0.235. The molecule has 0 bridgehead atoms. The molecule has 0 unspecified atom stereocenters. The van der Waals surface area contributed by atoms with Crippen molar-refractivity contribution in [2.45, 2.75) is 13.5 Å². The molecule has 7 heteroatoms. The first-order valence-electron chi connectivity index (χ1n) is 7.48. The van der Waals surface area contributed by atoms with Crippen LogP contribution in [0.3, 0.4) is 0 Å². The van der Waals surface area contributed by atoms with Crippen LogP contribution in [0.1, 0.15) is 11.1 Å². The Morgan fingerprint density at radius 1 is 1.25 bits per heavy atom. The van der Waals surface area contributed by atoms with Gasteiger partial charge in [-0.2, -0.15) is 0 Å². The molecule has 0 saturated heterocycles.